The van der Waals surface area contributed by atoms with E-state index in [0.29, 0.717) is 74.9 Å². The smallest absolute Gasteiger partial charge is 0.170 e. The third-order valence-electron chi connectivity index (χ3n) is 6.46. The molecule has 0 amide bonds. The van der Waals surface area contributed by atoms with Crippen molar-refractivity contribution in [3.05, 3.63) is 95.1 Å². The lowest BCUT2D eigenvalue weighted by Crippen LogP contribution is -2.04. The van der Waals surface area contributed by atoms with Gasteiger partial charge in [-0.15, -0.1) is 0 Å². The zero-order valence-electron chi connectivity index (χ0n) is 23.0. The van der Waals surface area contributed by atoms with Crippen molar-refractivity contribution in [2.24, 2.45) is 22.9 Å². The molecule has 0 fully saturated rings. The van der Waals surface area contributed by atoms with Crippen LogP contribution in [0.1, 0.15) is 22.3 Å². The van der Waals surface area contributed by atoms with Crippen molar-refractivity contribution in [1.82, 2.24) is 0 Å². The predicted octanol–water partition coefficient (Wildman–Crippen LogP) is 4.48. The molecule has 9 nitrogen and oxygen atoms in total. The van der Waals surface area contributed by atoms with Gasteiger partial charge in [0.1, 0.15) is 0 Å². The van der Waals surface area contributed by atoms with Gasteiger partial charge in [0.05, 0.1) is 0 Å². The van der Waals surface area contributed by atoms with Gasteiger partial charge in [-0.05, 0) is 123 Å². The van der Waals surface area contributed by atoms with Crippen molar-refractivity contribution in [1.29, 1.82) is 0 Å². The lowest BCUT2D eigenvalue weighted by molar-refractivity contribution is 0.371. The average molecular weight is 559 g/mol. The summed E-state index contributed by atoms with van der Waals surface area (Å²) in [5.41, 5.74) is 26.7. The normalized spacial score (nSPS) is 10.9. The highest BCUT2D eigenvalue weighted by molar-refractivity contribution is 5.55. The first-order valence-electron chi connectivity index (χ1n) is 13.7. The van der Waals surface area contributed by atoms with Gasteiger partial charge in [0.15, 0.2) is 46.0 Å². The minimum Gasteiger partial charge on any atom is -0.504 e. The minimum atomic E-state index is -0.00789. The van der Waals surface area contributed by atoms with Crippen LogP contribution in [0.15, 0.2) is 72.8 Å². The maximum Gasteiger partial charge on any atom is 0.170 e. The average Bonchev–Trinajstić information content (AvgIpc) is 2.95. The number of hydrogen-bond acceptors (Lipinski definition) is 9. The lowest BCUT2D eigenvalue weighted by Gasteiger charge is -2.18. The van der Waals surface area contributed by atoms with Crippen molar-refractivity contribution in [2.75, 3.05) is 26.2 Å². The Bertz CT molecular complexity index is 1460. The SMILES string of the molecule is NCCc1ccc(Oc2cc(CCN)ccc2Oc2cc(CCN)ccc2Oc2cc(CCN)ccc2O)c(O)c1. The molecule has 0 aromatic heterocycles. The maximum atomic E-state index is 10.6. The molecule has 0 radical (unpaired) electrons. The van der Waals surface area contributed by atoms with Crippen molar-refractivity contribution in [2.45, 2.75) is 25.7 Å². The van der Waals surface area contributed by atoms with Gasteiger partial charge in [-0.3, -0.25) is 0 Å². The minimum absolute atomic E-state index is 0.00655. The molecule has 0 saturated carbocycles. The second-order valence-electron chi connectivity index (χ2n) is 9.63. The van der Waals surface area contributed by atoms with Gasteiger partial charge in [-0.25, -0.2) is 0 Å². The van der Waals surface area contributed by atoms with E-state index in [1.54, 1.807) is 42.5 Å². The summed E-state index contributed by atoms with van der Waals surface area (Å²) in [5.74, 6) is 2.11. The fourth-order valence-electron chi connectivity index (χ4n) is 4.37. The van der Waals surface area contributed by atoms with Crippen LogP contribution in [-0.4, -0.2) is 36.4 Å². The Labute approximate surface area is 240 Å². The molecule has 0 aliphatic carbocycles. The van der Waals surface area contributed by atoms with Gasteiger partial charge in [-0.2, -0.15) is 0 Å². The molecule has 4 aromatic rings. The summed E-state index contributed by atoms with van der Waals surface area (Å²) in [6, 6.07) is 21.4. The second-order valence-corrected chi connectivity index (χ2v) is 9.63. The number of phenols is 2. The van der Waals surface area contributed by atoms with Crippen molar-refractivity contribution in [3.63, 3.8) is 0 Å². The van der Waals surface area contributed by atoms with Crippen LogP contribution >= 0.6 is 0 Å². The standard InChI is InChI=1S/C32H38N4O5/c33-13-9-21-2-6-27(26(38)17-21)39-31-19-23(11-15-35)4-8-29(31)41-32-20-24(12-16-36)3-7-28(32)40-30-18-22(10-14-34)1-5-25(30)37/h1-8,17-20,37-38H,9-16,33-36H2. The maximum absolute atomic E-state index is 10.6. The van der Waals surface area contributed by atoms with E-state index in [4.69, 9.17) is 37.1 Å². The molecule has 9 heteroatoms. The monoisotopic (exact) mass is 558 g/mol. The van der Waals surface area contributed by atoms with E-state index in [0.717, 1.165) is 22.3 Å². The summed E-state index contributed by atoms with van der Waals surface area (Å²) in [7, 11) is 0. The number of benzene rings is 4. The van der Waals surface area contributed by atoms with Crippen LogP contribution in [0.25, 0.3) is 0 Å². The molecule has 0 atom stereocenters. The Kier molecular flexibility index (Phi) is 10.4. The Morgan fingerprint density at radius 1 is 0.390 bits per heavy atom. The van der Waals surface area contributed by atoms with Gasteiger partial charge in [0.2, 0.25) is 0 Å². The van der Waals surface area contributed by atoms with Crippen LogP contribution in [0.5, 0.6) is 46.0 Å². The van der Waals surface area contributed by atoms with Gasteiger partial charge in [0, 0.05) is 0 Å². The summed E-state index contributed by atoms with van der Waals surface area (Å²) in [5, 5.41) is 21.1. The van der Waals surface area contributed by atoms with E-state index >= 15 is 0 Å². The first-order valence-corrected chi connectivity index (χ1v) is 13.7. The summed E-state index contributed by atoms with van der Waals surface area (Å²) >= 11 is 0. The molecule has 0 aliphatic heterocycles. The summed E-state index contributed by atoms with van der Waals surface area (Å²) in [6.45, 7) is 1.87. The number of phenolic OH excluding ortho intramolecular Hbond substituents is 2. The molecule has 4 aromatic carbocycles. The zero-order chi connectivity index (χ0) is 29.2. The molecule has 0 saturated heterocycles. The summed E-state index contributed by atoms with van der Waals surface area (Å²) in [4.78, 5) is 0. The highest BCUT2D eigenvalue weighted by Crippen LogP contribution is 2.43. The van der Waals surface area contributed by atoms with Gasteiger partial charge in [-0.1, -0.05) is 24.3 Å². The fourth-order valence-corrected chi connectivity index (χ4v) is 4.37. The fraction of sp³-hybridized carbons (Fsp3) is 0.250. The Balaban J connectivity index is 1.71. The van der Waals surface area contributed by atoms with Crippen LogP contribution in [0, 0.1) is 0 Å². The van der Waals surface area contributed by atoms with Crippen LogP contribution in [-0.2, 0) is 25.7 Å². The van der Waals surface area contributed by atoms with Gasteiger partial charge < -0.3 is 47.4 Å². The molecule has 0 heterocycles. The van der Waals surface area contributed by atoms with Gasteiger partial charge >= 0.3 is 0 Å². The Morgan fingerprint density at radius 3 is 1.22 bits per heavy atom. The van der Waals surface area contributed by atoms with E-state index in [-0.39, 0.29) is 23.0 Å². The molecule has 0 unspecified atom stereocenters. The van der Waals surface area contributed by atoms with Gasteiger partial charge in [0.25, 0.3) is 0 Å². The lowest BCUT2D eigenvalue weighted by atomic mass is 10.1. The number of ether oxygens (including phenoxy) is 3. The van der Waals surface area contributed by atoms with Crippen LogP contribution < -0.4 is 37.1 Å². The highest BCUT2D eigenvalue weighted by atomic mass is 16.5. The van der Waals surface area contributed by atoms with E-state index < -0.39 is 0 Å². The van der Waals surface area contributed by atoms with Crippen molar-refractivity contribution >= 4 is 0 Å². The molecule has 4 rings (SSSR count). The van der Waals surface area contributed by atoms with Crippen LogP contribution in [0.2, 0.25) is 0 Å². The van der Waals surface area contributed by atoms with Crippen molar-refractivity contribution < 1.29 is 24.4 Å². The van der Waals surface area contributed by atoms with E-state index in [9.17, 15) is 10.2 Å². The predicted molar refractivity (Wildman–Crippen MR) is 160 cm³/mol. The third-order valence-corrected chi connectivity index (χ3v) is 6.46. The third kappa shape index (κ3) is 7.90. The summed E-state index contributed by atoms with van der Waals surface area (Å²) in [6.07, 6.45) is 2.55. The first kappa shape index (κ1) is 29.7. The summed E-state index contributed by atoms with van der Waals surface area (Å²) < 4.78 is 18.7. The molecule has 216 valence electrons. The zero-order valence-corrected chi connectivity index (χ0v) is 23.0. The quantitative estimate of drug-likeness (QED) is 0.130. The van der Waals surface area contributed by atoms with E-state index in [1.807, 2.05) is 30.3 Å². The Morgan fingerprint density at radius 2 is 0.756 bits per heavy atom. The molecular formula is C32H38N4O5. The van der Waals surface area contributed by atoms with E-state index in [1.165, 1.54) is 0 Å². The first-order chi connectivity index (χ1) is 19.9. The molecule has 41 heavy (non-hydrogen) atoms. The molecule has 0 spiro atoms. The van der Waals surface area contributed by atoms with Crippen molar-refractivity contribution in [3.8, 4) is 46.0 Å². The second kappa shape index (κ2) is 14.4. The molecular weight excluding hydrogens is 520 g/mol. The molecule has 10 N–H and O–H groups in total. The molecule has 0 aliphatic rings. The Hall–Kier alpha value is -4.28. The number of aromatic hydroxyl groups is 2. The largest absolute Gasteiger partial charge is 0.504 e. The highest BCUT2D eigenvalue weighted by Gasteiger charge is 2.17. The molecule has 0 bridgehead atoms. The number of rotatable bonds is 14. The number of hydrogen-bond donors (Lipinski definition) is 6. The van der Waals surface area contributed by atoms with Crippen LogP contribution in [0.3, 0.4) is 0 Å². The van der Waals surface area contributed by atoms with Crippen LogP contribution in [0.4, 0.5) is 0 Å². The van der Waals surface area contributed by atoms with E-state index in [2.05, 4.69) is 0 Å². The number of nitrogens with two attached hydrogens (primary N) is 4. The topological polar surface area (TPSA) is 172 Å².